The molecule has 0 spiro atoms. The SMILES string of the molecule is Clc1ccc(-c2c(Cl)nc(C3CCOCC3)nc2Cl)cc1. The first-order chi connectivity index (χ1) is 10.1. The van der Waals surface area contributed by atoms with E-state index in [1.165, 1.54) is 0 Å². The third-order valence-electron chi connectivity index (χ3n) is 3.56. The van der Waals surface area contributed by atoms with Crippen LogP contribution < -0.4 is 0 Å². The van der Waals surface area contributed by atoms with E-state index in [0.717, 1.165) is 31.6 Å². The lowest BCUT2D eigenvalue weighted by molar-refractivity contribution is 0.0836. The number of ether oxygens (including phenoxy) is 1. The van der Waals surface area contributed by atoms with Gasteiger partial charge in [0.2, 0.25) is 0 Å². The van der Waals surface area contributed by atoms with E-state index in [9.17, 15) is 0 Å². The second kappa shape index (κ2) is 6.49. The topological polar surface area (TPSA) is 35.0 Å². The van der Waals surface area contributed by atoms with Crippen molar-refractivity contribution in [3.63, 3.8) is 0 Å². The molecular weight excluding hydrogens is 331 g/mol. The predicted molar refractivity (Wildman–Crippen MR) is 85.3 cm³/mol. The van der Waals surface area contributed by atoms with Crippen molar-refractivity contribution < 1.29 is 4.74 Å². The van der Waals surface area contributed by atoms with Gasteiger partial charge in [-0.25, -0.2) is 9.97 Å². The summed E-state index contributed by atoms with van der Waals surface area (Å²) in [7, 11) is 0. The normalized spacial score (nSPS) is 16.1. The lowest BCUT2D eigenvalue weighted by Crippen LogP contribution is -2.16. The molecule has 3 rings (SSSR count). The van der Waals surface area contributed by atoms with Crippen LogP contribution in [0.25, 0.3) is 11.1 Å². The van der Waals surface area contributed by atoms with E-state index >= 15 is 0 Å². The fourth-order valence-electron chi connectivity index (χ4n) is 2.42. The molecule has 0 unspecified atom stereocenters. The number of rotatable bonds is 2. The molecule has 1 aromatic carbocycles. The summed E-state index contributed by atoms with van der Waals surface area (Å²) in [6.45, 7) is 1.45. The van der Waals surface area contributed by atoms with Gasteiger partial charge in [0.25, 0.3) is 0 Å². The Hall–Kier alpha value is -0.870. The molecule has 0 aliphatic carbocycles. The van der Waals surface area contributed by atoms with Gasteiger partial charge in [0.05, 0.1) is 5.56 Å². The Kier molecular flexibility index (Phi) is 4.65. The summed E-state index contributed by atoms with van der Waals surface area (Å²) in [6.07, 6.45) is 1.79. The highest BCUT2D eigenvalue weighted by Gasteiger charge is 2.22. The fraction of sp³-hybridized carbons (Fsp3) is 0.333. The van der Waals surface area contributed by atoms with Crippen molar-refractivity contribution in [2.45, 2.75) is 18.8 Å². The number of nitrogens with zero attached hydrogens (tertiary/aromatic N) is 2. The van der Waals surface area contributed by atoms with Gasteiger partial charge in [-0.05, 0) is 30.5 Å². The van der Waals surface area contributed by atoms with Crippen LogP contribution in [0.5, 0.6) is 0 Å². The quantitative estimate of drug-likeness (QED) is 0.720. The third-order valence-corrected chi connectivity index (χ3v) is 4.36. The van der Waals surface area contributed by atoms with E-state index in [0.29, 0.717) is 26.7 Å². The number of hydrogen-bond acceptors (Lipinski definition) is 3. The first-order valence-corrected chi connectivity index (χ1v) is 7.85. The van der Waals surface area contributed by atoms with Crippen LogP contribution in [0.1, 0.15) is 24.6 Å². The predicted octanol–water partition coefficient (Wildman–Crippen LogP) is 5.00. The van der Waals surface area contributed by atoms with Gasteiger partial charge in [0.1, 0.15) is 16.1 Å². The van der Waals surface area contributed by atoms with Crippen LogP contribution in [0.15, 0.2) is 24.3 Å². The Labute approximate surface area is 138 Å². The van der Waals surface area contributed by atoms with Crippen LogP contribution in [0.2, 0.25) is 15.3 Å². The third kappa shape index (κ3) is 3.32. The molecule has 2 heterocycles. The highest BCUT2D eigenvalue weighted by Crippen LogP contribution is 2.35. The van der Waals surface area contributed by atoms with Gasteiger partial charge in [-0.3, -0.25) is 0 Å². The van der Waals surface area contributed by atoms with Crippen LogP contribution in [-0.4, -0.2) is 23.2 Å². The molecule has 0 saturated carbocycles. The van der Waals surface area contributed by atoms with Crippen molar-refractivity contribution in [1.29, 1.82) is 0 Å². The fourth-order valence-corrected chi connectivity index (χ4v) is 3.16. The Morgan fingerprint density at radius 3 is 2.05 bits per heavy atom. The van der Waals surface area contributed by atoms with Crippen LogP contribution >= 0.6 is 34.8 Å². The molecular formula is C15H13Cl3N2O. The molecule has 0 radical (unpaired) electrons. The van der Waals surface area contributed by atoms with E-state index in [-0.39, 0.29) is 5.92 Å². The van der Waals surface area contributed by atoms with Crippen molar-refractivity contribution in [2.24, 2.45) is 0 Å². The number of benzene rings is 1. The molecule has 0 amide bonds. The molecule has 6 heteroatoms. The minimum Gasteiger partial charge on any atom is -0.381 e. The summed E-state index contributed by atoms with van der Waals surface area (Å²) in [5.74, 6) is 0.957. The van der Waals surface area contributed by atoms with Crippen molar-refractivity contribution in [2.75, 3.05) is 13.2 Å². The average Bonchev–Trinajstić information content (AvgIpc) is 2.49. The molecule has 1 aliphatic heterocycles. The zero-order valence-corrected chi connectivity index (χ0v) is 13.4. The van der Waals surface area contributed by atoms with E-state index < -0.39 is 0 Å². The van der Waals surface area contributed by atoms with E-state index in [1.807, 2.05) is 12.1 Å². The smallest absolute Gasteiger partial charge is 0.142 e. The van der Waals surface area contributed by atoms with Crippen LogP contribution in [0.3, 0.4) is 0 Å². The van der Waals surface area contributed by atoms with Crippen LogP contribution in [0.4, 0.5) is 0 Å². The summed E-state index contributed by atoms with van der Waals surface area (Å²) in [5.41, 5.74) is 1.50. The second-order valence-electron chi connectivity index (χ2n) is 4.93. The maximum Gasteiger partial charge on any atom is 0.142 e. The highest BCUT2D eigenvalue weighted by molar-refractivity contribution is 6.37. The Balaban J connectivity index is 1.97. The summed E-state index contributed by atoms with van der Waals surface area (Å²) in [5, 5.41) is 1.41. The Morgan fingerprint density at radius 1 is 0.905 bits per heavy atom. The first-order valence-electron chi connectivity index (χ1n) is 6.72. The number of hydrogen-bond donors (Lipinski definition) is 0. The monoisotopic (exact) mass is 342 g/mol. The van der Waals surface area contributed by atoms with Gasteiger partial charge in [-0.2, -0.15) is 0 Å². The highest BCUT2D eigenvalue weighted by atomic mass is 35.5. The molecule has 2 aromatic rings. The van der Waals surface area contributed by atoms with Gasteiger partial charge in [-0.1, -0.05) is 46.9 Å². The summed E-state index contributed by atoms with van der Waals surface area (Å²) in [4.78, 5) is 8.88. The van der Waals surface area contributed by atoms with E-state index in [4.69, 9.17) is 39.5 Å². The standard InChI is InChI=1S/C15H13Cl3N2O/c16-11-3-1-9(2-4-11)12-13(17)19-15(20-14(12)18)10-5-7-21-8-6-10/h1-4,10H,5-8H2. The Morgan fingerprint density at radius 2 is 1.48 bits per heavy atom. The molecule has 1 saturated heterocycles. The maximum absolute atomic E-state index is 6.33. The van der Waals surface area contributed by atoms with Crippen molar-refractivity contribution in [3.8, 4) is 11.1 Å². The lowest BCUT2D eigenvalue weighted by atomic mass is 9.99. The zero-order valence-electron chi connectivity index (χ0n) is 11.2. The second-order valence-corrected chi connectivity index (χ2v) is 6.08. The van der Waals surface area contributed by atoms with Gasteiger partial charge >= 0.3 is 0 Å². The summed E-state index contributed by atoms with van der Waals surface area (Å²) >= 11 is 18.6. The van der Waals surface area contributed by atoms with E-state index in [2.05, 4.69) is 9.97 Å². The molecule has 0 atom stereocenters. The number of halogens is 3. The van der Waals surface area contributed by atoms with Crippen molar-refractivity contribution in [3.05, 3.63) is 45.4 Å². The minimum atomic E-state index is 0.257. The maximum atomic E-state index is 6.33. The van der Waals surface area contributed by atoms with E-state index in [1.54, 1.807) is 12.1 Å². The van der Waals surface area contributed by atoms with Gasteiger partial charge in [0.15, 0.2) is 0 Å². The molecule has 0 bridgehead atoms. The molecule has 3 nitrogen and oxygen atoms in total. The Bertz CT molecular complexity index is 617. The van der Waals surface area contributed by atoms with Crippen molar-refractivity contribution >= 4 is 34.8 Å². The van der Waals surface area contributed by atoms with Gasteiger partial charge in [-0.15, -0.1) is 0 Å². The van der Waals surface area contributed by atoms with Crippen molar-refractivity contribution in [1.82, 2.24) is 9.97 Å². The molecule has 0 N–H and O–H groups in total. The first kappa shape index (κ1) is 15.0. The average molecular weight is 344 g/mol. The molecule has 1 aliphatic rings. The van der Waals surface area contributed by atoms with Crippen LogP contribution in [-0.2, 0) is 4.74 Å². The molecule has 21 heavy (non-hydrogen) atoms. The zero-order chi connectivity index (χ0) is 14.8. The molecule has 110 valence electrons. The molecule has 1 aromatic heterocycles. The van der Waals surface area contributed by atoms with Gasteiger partial charge in [0, 0.05) is 24.2 Å². The minimum absolute atomic E-state index is 0.257. The summed E-state index contributed by atoms with van der Waals surface area (Å²) in [6, 6.07) is 7.28. The summed E-state index contributed by atoms with van der Waals surface area (Å²) < 4.78 is 5.35. The molecule has 1 fully saturated rings. The largest absolute Gasteiger partial charge is 0.381 e. The lowest BCUT2D eigenvalue weighted by Gasteiger charge is -2.21. The van der Waals surface area contributed by atoms with Gasteiger partial charge < -0.3 is 4.74 Å². The number of aromatic nitrogens is 2. The van der Waals surface area contributed by atoms with Crippen LogP contribution in [0, 0.1) is 0 Å².